The summed E-state index contributed by atoms with van der Waals surface area (Å²) in [5, 5.41) is 1.35. The van der Waals surface area contributed by atoms with Crippen molar-refractivity contribution in [2.24, 2.45) is 0 Å². The molecule has 25 heavy (non-hydrogen) atoms. The summed E-state index contributed by atoms with van der Waals surface area (Å²) in [6.07, 6.45) is 1.05. The molecule has 3 aromatic rings. The molecule has 0 radical (unpaired) electrons. The number of allylic oxidation sites excluding steroid dienone is 1. The van der Waals surface area contributed by atoms with Gasteiger partial charge in [-0.1, -0.05) is 18.7 Å². The van der Waals surface area contributed by atoms with E-state index in [0.717, 1.165) is 37.2 Å². The summed E-state index contributed by atoms with van der Waals surface area (Å²) in [4.78, 5) is 2.38. The molecule has 4 rings (SSSR count). The van der Waals surface area contributed by atoms with Crippen LogP contribution < -0.4 is 0 Å². The maximum Gasteiger partial charge on any atom is 0.123 e. The predicted molar refractivity (Wildman–Crippen MR) is 110 cm³/mol. The highest BCUT2D eigenvalue weighted by atomic mass is 127. The number of halogens is 2. The van der Waals surface area contributed by atoms with Gasteiger partial charge in [0, 0.05) is 46.2 Å². The molecule has 0 aliphatic carbocycles. The van der Waals surface area contributed by atoms with Crippen LogP contribution in [-0.2, 0) is 19.5 Å². The van der Waals surface area contributed by atoms with Gasteiger partial charge in [-0.2, -0.15) is 0 Å². The van der Waals surface area contributed by atoms with Crippen molar-refractivity contribution >= 4 is 39.1 Å². The van der Waals surface area contributed by atoms with E-state index in [1.165, 1.54) is 37.9 Å². The minimum absolute atomic E-state index is 0.210. The summed E-state index contributed by atoms with van der Waals surface area (Å²) in [6.45, 7) is 7.06. The number of benzene rings is 2. The highest BCUT2D eigenvalue weighted by Crippen LogP contribution is 2.33. The molecule has 2 nitrogen and oxygen atoms in total. The maximum absolute atomic E-state index is 13.2. The van der Waals surface area contributed by atoms with Crippen LogP contribution in [0, 0.1) is 9.39 Å². The fourth-order valence-electron chi connectivity index (χ4n) is 3.71. The number of hydrogen-bond donors (Lipinski definition) is 0. The van der Waals surface area contributed by atoms with Crippen molar-refractivity contribution in [1.82, 2.24) is 9.47 Å². The van der Waals surface area contributed by atoms with Crippen LogP contribution in [0.25, 0.3) is 16.5 Å². The molecule has 1 aromatic heterocycles. The molecular weight excluding hydrogens is 426 g/mol. The molecule has 0 amide bonds. The van der Waals surface area contributed by atoms with Gasteiger partial charge in [0.15, 0.2) is 0 Å². The van der Waals surface area contributed by atoms with Gasteiger partial charge in [0.2, 0.25) is 0 Å². The van der Waals surface area contributed by atoms with Crippen LogP contribution in [0.1, 0.15) is 16.8 Å². The monoisotopic (exact) mass is 446 g/mol. The Morgan fingerprint density at radius 1 is 1.20 bits per heavy atom. The number of rotatable bonds is 3. The lowest BCUT2D eigenvalue weighted by Gasteiger charge is -2.24. The van der Waals surface area contributed by atoms with Gasteiger partial charge in [0.05, 0.1) is 0 Å². The van der Waals surface area contributed by atoms with Crippen LogP contribution in [0.5, 0.6) is 0 Å². The Balaban J connectivity index is 1.79. The molecule has 4 heteroatoms. The number of nitrogens with zero attached hydrogens (tertiary/aromatic N) is 2. The third-order valence-electron chi connectivity index (χ3n) is 5.01. The maximum atomic E-state index is 13.2. The Morgan fingerprint density at radius 2 is 1.96 bits per heavy atom. The molecule has 2 heterocycles. The molecule has 0 unspecified atom stereocenters. The number of likely N-dealkylation sites (N-methyl/N-ethyl adjacent to an activating group) is 1. The van der Waals surface area contributed by atoms with Crippen molar-refractivity contribution < 1.29 is 4.39 Å². The van der Waals surface area contributed by atoms with Gasteiger partial charge in [-0.3, -0.25) is 0 Å². The summed E-state index contributed by atoms with van der Waals surface area (Å²) in [5.41, 5.74) is 6.13. The SMILES string of the molecule is C=C(Cn1c2c(c3cc(I)ccc31)CN(C)CC2)c1ccc(F)cc1. The Morgan fingerprint density at radius 3 is 2.72 bits per heavy atom. The summed E-state index contributed by atoms with van der Waals surface area (Å²) in [5.74, 6) is -0.210. The summed E-state index contributed by atoms with van der Waals surface area (Å²) >= 11 is 2.38. The van der Waals surface area contributed by atoms with E-state index in [2.05, 4.69) is 63.9 Å². The first-order valence-electron chi connectivity index (χ1n) is 8.44. The van der Waals surface area contributed by atoms with Gasteiger partial charge in [0.25, 0.3) is 0 Å². The Labute approximate surface area is 161 Å². The molecule has 0 saturated heterocycles. The predicted octanol–water partition coefficient (Wildman–Crippen LogP) is 5.09. The first-order chi connectivity index (χ1) is 12.0. The molecule has 0 spiro atoms. The normalized spacial score (nSPS) is 14.7. The zero-order chi connectivity index (χ0) is 17.6. The zero-order valence-electron chi connectivity index (χ0n) is 14.2. The largest absolute Gasteiger partial charge is 0.340 e. The van der Waals surface area contributed by atoms with Gasteiger partial charge >= 0.3 is 0 Å². The molecule has 0 bridgehead atoms. The van der Waals surface area contributed by atoms with Crippen LogP contribution in [-0.4, -0.2) is 23.1 Å². The highest BCUT2D eigenvalue weighted by molar-refractivity contribution is 14.1. The first-order valence-corrected chi connectivity index (χ1v) is 9.52. The van der Waals surface area contributed by atoms with Crippen molar-refractivity contribution in [2.45, 2.75) is 19.5 Å². The third kappa shape index (κ3) is 3.13. The molecule has 128 valence electrons. The fraction of sp³-hybridized carbons (Fsp3) is 0.238. The second-order valence-corrected chi connectivity index (χ2v) is 8.02. The zero-order valence-corrected chi connectivity index (χ0v) is 16.4. The van der Waals surface area contributed by atoms with Crippen molar-refractivity contribution in [3.8, 4) is 0 Å². The summed E-state index contributed by atoms with van der Waals surface area (Å²) in [7, 11) is 2.18. The second kappa shape index (κ2) is 6.57. The van der Waals surface area contributed by atoms with E-state index in [1.807, 2.05) is 12.1 Å². The number of fused-ring (bicyclic) bond motifs is 3. The number of aromatic nitrogens is 1. The third-order valence-corrected chi connectivity index (χ3v) is 5.68. The lowest BCUT2D eigenvalue weighted by atomic mass is 10.0. The van der Waals surface area contributed by atoms with E-state index in [9.17, 15) is 4.39 Å². The molecule has 0 saturated carbocycles. The molecule has 1 aliphatic heterocycles. The van der Waals surface area contributed by atoms with E-state index in [1.54, 1.807) is 0 Å². The minimum Gasteiger partial charge on any atom is -0.340 e. The number of hydrogen-bond acceptors (Lipinski definition) is 1. The van der Waals surface area contributed by atoms with Gasteiger partial charge in [-0.15, -0.1) is 0 Å². The Hall–Kier alpha value is -1.66. The quantitative estimate of drug-likeness (QED) is 0.510. The lowest BCUT2D eigenvalue weighted by molar-refractivity contribution is 0.310. The van der Waals surface area contributed by atoms with Crippen LogP contribution in [0.15, 0.2) is 49.0 Å². The Kier molecular flexibility index (Phi) is 4.41. The van der Waals surface area contributed by atoms with Gasteiger partial charge in [0.1, 0.15) is 5.82 Å². The minimum atomic E-state index is -0.210. The lowest BCUT2D eigenvalue weighted by Crippen LogP contribution is -2.27. The van der Waals surface area contributed by atoms with Crippen molar-refractivity contribution in [1.29, 1.82) is 0 Å². The van der Waals surface area contributed by atoms with Crippen LogP contribution in [0.4, 0.5) is 4.39 Å². The van der Waals surface area contributed by atoms with E-state index in [4.69, 9.17) is 0 Å². The van der Waals surface area contributed by atoms with Crippen LogP contribution >= 0.6 is 22.6 Å². The van der Waals surface area contributed by atoms with Gasteiger partial charge in [-0.25, -0.2) is 4.39 Å². The van der Waals surface area contributed by atoms with Crippen molar-refractivity contribution in [3.63, 3.8) is 0 Å². The van der Waals surface area contributed by atoms with E-state index < -0.39 is 0 Å². The topological polar surface area (TPSA) is 8.17 Å². The van der Waals surface area contributed by atoms with E-state index >= 15 is 0 Å². The van der Waals surface area contributed by atoms with Crippen molar-refractivity contribution in [3.05, 3.63) is 75.3 Å². The van der Waals surface area contributed by atoms with Crippen LogP contribution in [0.2, 0.25) is 0 Å². The highest BCUT2D eigenvalue weighted by Gasteiger charge is 2.22. The fourth-order valence-corrected chi connectivity index (χ4v) is 4.20. The Bertz CT molecular complexity index is 956. The molecule has 2 aromatic carbocycles. The summed E-state index contributed by atoms with van der Waals surface area (Å²) < 4.78 is 16.9. The average molecular weight is 446 g/mol. The first kappa shape index (κ1) is 16.8. The van der Waals surface area contributed by atoms with E-state index in [0.29, 0.717) is 0 Å². The molecular formula is C21H20FIN2. The average Bonchev–Trinajstić information content (AvgIpc) is 2.88. The van der Waals surface area contributed by atoms with Gasteiger partial charge in [-0.05, 0) is 76.7 Å². The molecule has 0 atom stereocenters. The molecule has 1 aliphatic rings. The standard InChI is InChI=1S/C21H20FIN2/c1-14(15-3-5-16(22)6-4-15)12-25-20-8-7-17(23)11-18(20)19-13-24(2)10-9-21(19)25/h3-8,11H,1,9-10,12-13H2,2H3. The molecule has 0 N–H and O–H groups in total. The summed E-state index contributed by atoms with van der Waals surface area (Å²) in [6, 6.07) is 13.3. The second-order valence-electron chi connectivity index (χ2n) is 6.77. The van der Waals surface area contributed by atoms with Crippen LogP contribution in [0.3, 0.4) is 0 Å². The van der Waals surface area contributed by atoms with Crippen molar-refractivity contribution in [2.75, 3.05) is 13.6 Å². The van der Waals surface area contributed by atoms with E-state index in [-0.39, 0.29) is 5.82 Å². The smallest absolute Gasteiger partial charge is 0.123 e. The molecule has 0 fully saturated rings. The van der Waals surface area contributed by atoms with Gasteiger partial charge < -0.3 is 9.47 Å².